The Morgan fingerprint density at radius 1 is 0.818 bits per heavy atom. The number of rotatable bonds is 11. The maximum atomic E-state index is 4.71. The van der Waals surface area contributed by atoms with E-state index < -0.39 is 0 Å². The van der Waals surface area contributed by atoms with Crippen molar-refractivity contribution >= 4 is 45.4 Å². The second-order valence-electron chi connectivity index (χ2n) is 9.64. The van der Waals surface area contributed by atoms with Gasteiger partial charge in [-0.2, -0.15) is 8.75 Å². The molecule has 0 radical (unpaired) electrons. The molecule has 176 valence electrons. The molecule has 0 N–H and O–H groups in total. The first-order valence-corrected chi connectivity index (χ1v) is 14.2. The number of thiophene rings is 2. The highest BCUT2D eigenvalue weighted by molar-refractivity contribution is 7.16. The van der Waals surface area contributed by atoms with Crippen molar-refractivity contribution in [2.24, 2.45) is 0 Å². The van der Waals surface area contributed by atoms with E-state index in [1.165, 1.54) is 61.8 Å². The monoisotopic (exact) mass is 499 g/mol. The van der Waals surface area contributed by atoms with Crippen LogP contribution in [0.2, 0.25) is 0 Å². The van der Waals surface area contributed by atoms with Gasteiger partial charge in [-0.05, 0) is 50.2 Å². The van der Waals surface area contributed by atoms with Gasteiger partial charge in [0.1, 0.15) is 11.0 Å². The van der Waals surface area contributed by atoms with Gasteiger partial charge in [-0.3, -0.25) is 4.90 Å². The summed E-state index contributed by atoms with van der Waals surface area (Å²) in [5, 5.41) is 0. The molecule has 1 aromatic carbocycles. The van der Waals surface area contributed by atoms with E-state index in [0.29, 0.717) is 0 Å². The van der Waals surface area contributed by atoms with Gasteiger partial charge in [0, 0.05) is 43.6 Å². The summed E-state index contributed by atoms with van der Waals surface area (Å²) < 4.78 is 10.4. The lowest BCUT2D eigenvalue weighted by molar-refractivity contribution is -0.870. The van der Waals surface area contributed by atoms with Crippen molar-refractivity contribution in [3.63, 3.8) is 0 Å². The third kappa shape index (κ3) is 6.08. The molecule has 0 aliphatic carbocycles. The number of hydrogen-bond donors (Lipinski definition) is 0. The number of nitrogens with zero attached hydrogens (tertiary/aromatic N) is 4. The molecule has 4 nitrogen and oxygen atoms in total. The number of aryl methyl sites for hydroxylation is 1. The smallest absolute Gasteiger partial charge is 0.114 e. The fourth-order valence-electron chi connectivity index (χ4n) is 4.14. The Balaban J connectivity index is 1.55. The zero-order chi connectivity index (χ0) is 23.4. The second kappa shape index (κ2) is 10.7. The van der Waals surface area contributed by atoms with Crippen molar-refractivity contribution in [3.8, 4) is 20.9 Å². The van der Waals surface area contributed by atoms with Crippen molar-refractivity contribution in [2.45, 2.75) is 39.7 Å². The molecule has 3 heterocycles. The van der Waals surface area contributed by atoms with E-state index in [1.807, 2.05) is 22.7 Å². The Bertz CT molecular complexity index is 1180. The maximum absolute atomic E-state index is 4.71. The van der Waals surface area contributed by atoms with Gasteiger partial charge in [0.25, 0.3) is 0 Å². The van der Waals surface area contributed by atoms with Crippen LogP contribution in [0.1, 0.15) is 36.4 Å². The molecule has 0 saturated heterocycles. The van der Waals surface area contributed by atoms with E-state index in [0.717, 1.165) is 41.6 Å². The molecule has 33 heavy (non-hydrogen) atoms. The van der Waals surface area contributed by atoms with Crippen LogP contribution >= 0.6 is 34.4 Å². The van der Waals surface area contributed by atoms with E-state index in [-0.39, 0.29) is 0 Å². The molecule has 4 aromatic rings. The maximum Gasteiger partial charge on any atom is 0.114 e. The summed E-state index contributed by atoms with van der Waals surface area (Å²) in [6.07, 6.45) is 3.55. The van der Waals surface area contributed by atoms with Gasteiger partial charge in [-0.1, -0.05) is 26.0 Å². The lowest BCUT2D eigenvalue weighted by Gasteiger charge is -2.23. The molecule has 0 spiro atoms. The minimum Gasteiger partial charge on any atom is -0.331 e. The van der Waals surface area contributed by atoms with Gasteiger partial charge in [-0.25, -0.2) is 0 Å². The van der Waals surface area contributed by atoms with Gasteiger partial charge >= 0.3 is 0 Å². The zero-order valence-electron chi connectivity index (χ0n) is 20.4. The van der Waals surface area contributed by atoms with Crippen LogP contribution in [-0.2, 0) is 13.0 Å². The fraction of sp³-hybridized carbons (Fsp3) is 0.462. The summed E-state index contributed by atoms with van der Waals surface area (Å²) in [5.74, 6) is 0. The van der Waals surface area contributed by atoms with Crippen molar-refractivity contribution in [2.75, 3.05) is 40.8 Å². The number of benzene rings is 1. The quantitative estimate of drug-likeness (QED) is 0.208. The average molecular weight is 500 g/mol. The topological polar surface area (TPSA) is 29.0 Å². The summed E-state index contributed by atoms with van der Waals surface area (Å²) >= 11 is 5.11. The Morgan fingerprint density at radius 3 is 2.00 bits per heavy atom. The zero-order valence-corrected chi connectivity index (χ0v) is 22.9. The molecule has 0 saturated carbocycles. The third-order valence-corrected chi connectivity index (χ3v) is 8.70. The molecule has 4 rings (SSSR count). The summed E-state index contributed by atoms with van der Waals surface area (Å²) in [7, 11) is 6.78. The van der Waals surface area contributed by atoms with Crippen molar-refractivity contribution < 1.29 is 4.48 Å². The van der Waals surface area contributed by atoms with Crippen LogP contribution < -0.4 is 0 Å². The van der Waals surface area contributed by atoms with Gasteiger partial charge in [-0.15, -0.1) is 22.7 Å². The normalized spacial score (nSPS) is 12.3. The minimum atomic E-state index is 1.02. The fourth-order valence-corrected chi connectivity index (χ4v) is 6.87. The highest BCUT2D eigenvalue weighted by Crippen LogP contribution is 2.39. The summed E-state index contributed by atoms with van der Waals surface area (Å²) in [4.78, 5) is 7.96. The number of hydrogen-bond acceptors (Lipinski definition) is 6. The van der Waals surface area contributed by atoms with E-state index in [4.69, 9.17) is 8.75 Å². The minimum absolute atomic E-state index is 1.02. The first-order valence-electron chi connectivity index (χ1n) is 11.8. The molecule has 3 aromatic heterocycles. The van der Waals surface area contributed by atoms with Crippen LogP contribution in [0.25, 0.3) is 31.9 Å². The second-order valence-corrected chi connectivity index (χ2v) is 12.5. The lowest BCUT2D eigenvalue weighted by Crippen LogP contribution is -2.35. The highest BCUT2D eigenvalue weighted by atomic mass is 32.1. The summed E-state index contributed by atoms with van der Waals surface area (Å²) in [6, 6.07) is 13.6. The van der Waals surface area contributed by atoms with Gasteiger partial charge in [0.05, 0.1) is 39.4 Å². The molecule has 0 atom stereocenters. The Morgan fingerprint density at radius 2 is 1.42 bits per heavy atom. The van der Waals surface area contributed by atoms with Crippen LogP contribution in [0.15, 0.2) is 36.4 Å². The van der Waals surface area contributed by atoms with Crippen LogP contribution in [0.4, 0.5) is 0 Å². The highest BCUT2D eigenvalue weighted by Gasteiger charge is 2.17. The molecule has 0 unspecified atom stereocenters. The van der Waals surface area contributed by atoms with Crippen molar-refractivity contribution in [1.29, 1.82) is 0 Å². The van der Waals surface area contributed by atoms with Crippen molar-refractivity contribution in [3.05, 3.63) is 46.2 Å². The predicted molar refractivity (Wildman–Crippen MR) is 147 cm³/mol. The van der Waals surface area contributed by atoms with E-state index in [9.17, 15) is 0 Å². The van der Waals surface area contributed by atoms with Crippen molar-refractivity contribution in [1.82, 2.24) is 13.6 Å². The number of aromatic nitrogens is 2. The Hall–Kier alpha value is -1.64. The SMILES string of the molecule is CCCN(CC)Cc1ccc(-c2ccc(-c3ccc(CCC[N+](C)(C)C)s3)c3nsnc23)s1. The van der Waals surface area contributed by atoms with E-state index >= 15 is 0 Å². The van der Waals surface area contributed by atoms with Gasteiger partial charge < -0.3 is 4.48 Å². The van der Waals surface area contributed by atoms with E-state index in [2.05, 4.69) is 76.3 Å². The molecule has 7 heteroatoms. The van der Waals surface area contributed by atoms with E-state index in [1.54, 1.807) is 0 Å². The number of fused-ring (bicyclic) bond motifs is 1. The predicted octanol–water partition coefficient (Wildman–Crippen LogP) is 7.02. The first kappa shape index (κ1) is 24.5. The van der Waals surface area contributed by atoms with Crippen LogP contribution in [0.5, 0.6) is 0 Å². The van der Waals surface area contributed by atoms with Crippen LogP contribution in [0, 0.1) is 0 Å². The van der Waals surface area contributed by atoms with Gasteiger partial charge in [0.15, 0.2) is 0 Å². The standard InChI is InChI=1S/C26H35N4S3/c1-6-16-29(7-2)18-20-11-15-24(32-20)22-13-12-21(25-26(22)28-33-27-25)23-14-10-19(31-23)9-8-17-30(3,4)5/h10-15H,6-9,16-18H2,1-5H3/q+1. The molecule has 0 bridgehead atoms. The molecule has 0 aliphatic heterocycles. The lowest BCUT2D eigenvalue weighted by atomic mass is 10.1. The summed E-state index contributed by atoms with van der Waals surface area (Å²) in [5.41, 5.74) is 4.49. The third-order valence-electron chi connectivity index (χ3n) is 5.89. The first-order chi connectivity index (χ1) is 15.9. The Kier molecular flexibility index (Phi) is 7.97. The van der Waals surface area contributed by atoms with Crippen LogP contribution in [0.3, 0.4) is 0 Å². The molecule has 0 fully saturated rings. The summed E-state index contributed by atoms with van der Waals surface area (Å²) in [6.45, 7) is 8.95. The Labute approximate surface area is 210 Å². The average Bonchev–Trinajstić information content (AvgIpc) is 3.53. The molecular weight excluding hydrogens is 465 g/mol. The molecule has 0 aliphatic rings. The number of quaternary nitrogens is 1. The van der Waals surface area contributed by atoms with Crippen LogP contribution in [-0.4, -0.2) is 58.9 Å². The molecular formula is C26H35N4S3+. The van der Waals surface area contributed by atoms with Gasteiger partial charge in [0.2, 0.25) is 0 Å². The largest absolute Gasteiger partial charge is 0.331 e. The molecule has 0 amide bonds.